The first-order chi connectivity index (χ1) is 15.1. The second kappa shape index (κ2) is 9.80. The van der Waals surface area contributed by atoms with Crippen LogP contribution in [0.1, 0.15) is 28.1 Å². The quantitative estimate of drug-likeness (QED) is 0.484. The second-order valence-corrected chi connectivity index (χ2v) is 8.34. The molecule has 7 nitrogen and oxygen atoms in total. The first-order valence-corrected chi connectivity index (χ1v) is 11.1. The van der Waals surface area contributed by atoms with Gasteiger partial charge in [-0.15, -0.1) is 0 Å². The fraction of sp³-hybridized carbons (Fsp3) is 0.304. The highest BCUT2D eigenvalue weighted by atomic mass is 32.1. The number of carbonyl (C=O) groups is 1. The minimum atomic E-state index is -0.177. The van der Waals surface area contributed by atoms with Gasteiger partial charge in [0.2, 0.25) is 5.78 Å². The largest absolute Gasteiger partial charge is 0.497 e. The predicted molar refractivity (Wildman–Crippen MR) is 124 cm³/mol. The Morgan fingerprint density at radius 3 is 2.68 bits per heavy atom. The molecule has 0 saturated carbocycles. The van der Waals surface area contributed by atoms with Crippen molar-refractivity contribution in [3.05, 3.63) is 59.0 Å². The number of likely N-dealkylation sites (tertiary alicyclic amines) is 1. The molecule has 2 aromatic carbocycles. The van der Waals surface area contributed by atoms with Crippen molar-refractivity contribution in [2.45, 2.75) is 12.8 Å². The molecule has 31 heavy (non-hydrogen) atoms. The first kappa shape index (κ1) is 21.1. The number of anilines is 3. The molecular formula is C23H26N4O3S. The van der Waals surface area contributed by atoms with Crippen molar-refractivity contribution in [1.82, 2.24) is 9.88 Å². The zero-order valence-electron chi connectivity index (χ0n) is 17.5. The van der Waals surface area contributed by atoms with Crippen LogP contribution >= 0.6 is 11.3 Å². The number of hydrogen-bond donors (Lipinski definition) is 2. The number of methoxy groups -OCH3 is 1. The van der Waals surface area contributed by atoms with Gasteiger partial charge in [0.25, 0.3) is 0 Å². The van der Waals surface area contributed by atoms with Crippen molar-refractivity contribution < 1.29 is 14.3 Å². The fourth-order valence-corrected chi connectivity index (χ4v) is 4.37. The van der Waals surface area contributed by atoms with Gasteiger partial charge in [-0.05, 0) is 62.3 Å². The zero-order valence-corrected chi connectivity index (χ0v) is 18.3. The predicted octanol–water partition coefficient (Wildman–Crippen LogP) is 4.18. The number of nitrogens with one attached hydrogen (secondary N) is 1. The van der Waals surface area contributed by atoms with Crippen molar-refractivity contribution in [1.29, 1.82) is 0 Å². The molecule has 162 valence electrons. The van der Waals surface area contributed by atoms with Crippen molar-refractivity contribution in [2.24, 2.45) is 0 Å². The van der Waals surface area contributed by atoms with E-state index in [1.54, 1.807) is 31.4 Å². The van der Waals surface area contributed by atoms with E-state index in [0.29, 0.717) is 27.9 Å². The van der Waals surface area contributed by atoms with E-state index < -0.39 is 0 Å². The van der Waals surface area contributed by atoms with Crippen LogP contribution in [0.5, 0.6) is 11.5 Å². The highest BCUT2D eigenvalue weighted by Crippen LogP contribution is 2.30. The van der Waals surface area contributed by atoms with Crippen molar-refractivity contribution in [3.8, 4) is 11.5 Å². The fourth-order valence-electron chi connectivity index (χ4n) is 3.50. The van der Waals surface area contributed by atoms with Crippen LogP contribution in [0.15, 0.2) is 48.5 Å². The van der Waals surface area contributed by atoms with E-state index in [9.17, 15) is 4.79 Å². The second-order valence-electron chi connectivity index (χ2n) is 7.34. The molecule has 1 fully saturated rings. The minimum Gasteiger partial charge on any atom is -0.497 e. The topological polar surface area (TPSA) is 89.7 Å². The van der Waals surface area contributed by atoms with Crippen LogP contribution in [0.2, 0.25) is 0 Å². The third kappa shape index (κ3) is 5.34. The first-order valence-electron chi connectivity index (χ1n) is 10.3. The molecule has 4 rings (SSSR count). The maximum atomic E-state index is 12.8. The van der Waals surface area contributed by atoms with Crippen molar-refractivity contribution >= 4 is 33.8 Å². The van der Waals surface area contributed by atoms with Gasteiger partial charge in [-0.25, -0.2) is 4.98 Å². The lowest BCUT2D eigenvalue weighted by Crippen LogP contribution is -2.25. The third-order valence-electron chi connectivity index (χ3n) is 5.17. The summed E-state index contributed by atoms with van der Waals surface area (Å²) in [6, 6.07) is 14.7. The third-order valence-corrected chi connectivity index (χ3v) is 6.16. The Hall–Kier alpha value is -3.10. The number of ether oxygens (including phenoxy) is 2. The van der Waals surface area contributed by atoms with Crippen LogP contribution in [0.3, 0.4) is 0 Å². The SMILES string of the molecule is COc1cccc(C(=O)c2sc(Nc3ccc(OCCN4CCCC4)cc3)nc2N)c1. The molecule has 1 aliphatic heterocycles. The summed E-state index contributed by atoms with van der Waals surface area (Å²) in [7, 11) is 1.57. The Bertz CT molecular complexity index is 1030. The van der Waals surface area contributed by atoms with Crippen LogP contribution in [0.4, 0.5) is 16.6 Å². The molecule has 8 heteroatoms. The van der Waals surface area contributed by atoms with Crippen LogP contribution in [0.25, 0.3) is 0 Å². The monoisotopic (exact) mass is 438 g/mol. The lowest BCUT2D eigenvalue weighted by molar-refractivity contribution is 0.104. The standard InChI is InChI=1S/C23H26N4O3S/c1-29-19-6-4-5-16(15-19)20(28)21-22(24)26-23(31-21)25-17-7-9-18(10-8-17)30-14-13-27-11-2-3-12-27/h4-10,15H,2-3,11-14,24H2,1H3,(H,25,26). The molecule has 0 amide bonds. The van der Waals surface area contributed by atoms with E-state index in [2.05, 4.69) is 15.2 Å². The number of aromatic nitrogens is 1. The maximum absolute atomic E-state index is 12.8. The molecule has 1 saturated heterocycles. The minimum absolute atomic E-state index is 0.177. The zero-order chi connectivity index (χ0) is 21.6. The average Bonchev–Trinajstić information content (AvgIpc) is 3.44. The summed E-state index contributed by atoms with van der Waals surface area (Å²) in [6.07, 6.45) is 2.57. The van der Waals surface area contributed by atoms with E-state index in [1.807, 2.05) is 24.3 Å². The summed E-state index contributed by atoms with van der Waals surface area (Å²) in [6.45, 7) is 3.99. The molecule has 0 spiro atoms. The lowest BCUT2D eigenvalue weighted by atomic mass is 10.1. The molecule has 0 aliphatic carbocycles. The highest BCUT2D eigenvalue weighted by molar-refractivity contribution is 7.18. The Morgan fingerprint density at radius 1 is 1.16 bits per heavy atom. The van der Waals surface area contributed by atoms with Gasteiger partial charge in [-0.1, -0.05) is 23.5 Å². The van der Waals surface area contributed by atoms with Gasteiger partial charge >= 0.3 is 0 Å². The van der Waals surface area contributed by atoms with Crippen LogP contribution in [-0.4, -0.2) is 49.0 Å². The van der Waals surface area contributed by atoms with Gasteiger partial charge in [-0.3, -0.25) is 9.69 Å². The summed E-state index contributed by atoms with van der Waals surface area (Å²) in [5.41, 5.74) is 7.38. The van der Waals surface area contributed by atoms with Gasteiger partial charge in [-0.2, -0.15) is 0 Å². The highest BCUT2D eigenvalue weighted by Gasteiger charge is 2.18. The van der Waals surface area contributed by atoms with Gasteiger partial charge in [0.15, 0.2) is 5.13 Å². The summed E-state index contributed by atoms with van der Waals surface area (Å²) in [5.74, 6) is 1.48. The number of thiazole rings is 1. The summed E-state index contributed by atoms with van der Waals surface area (Å²) in [4.78, 5) is 20.0. The van der Waals surface area contributed by atoms with E-state index in [-0.39, 0.29) is 11.6 Å². The van der Waals surface area contributed by atoms with Crippen molar-refractivity contribution in [2.75, 3.05) is 44.4 Å². The number of carbonyl (C=O) groups excluding carboxylic acids is 1. The Kier molecular flexibility index (Phi) is 6.69. The van der Waals surface area contributed by atoms with Crippen LogP contribution in [-0.2, 0) is 0 Å². The molecule has 1 aliphatic rings. The summed E-state index contributed by atoms with van der Waals surface area (Å²) < 4.78 is 11.0. The van der Waals surface area contributed by atoms with Crippen molar-refractivity contribution in [3.63, 3.8) is 0 Å². The van der Waals surface area contributed by atoms with Gasteiger partial charge in [0, 0.05) is 17.8 Å². The lowest BCUT2D eigenvalue weighted by Gasteiger charge is -2.15. The molecule has 3 N–H and O–H groups in total. The number of nitrogens with zero attached hydrogens (tertiary/aromatic N) is 2. The van der Waals surface area contributed by atoms with E-state index in [1.165, 1.54) is 37.3 Å². The van der Waals surface area contributed by atoms with Gasteiger partial charge in [0.1, 0.15) is 28.8 Å². The number of ketones is 1. The maximum Gasteiger partial charge on any atom is 0.206 e. The van der Waals surface area contributed by atoms with E-state index in [4.69, 9.17) is 15.2 Å². The smallest absolute Gasteiger partial charge is 0.206 e. The molecule has 0 atom stereocenters. The molecule has 0 unspecified atom stereocenters. The molecule has 3 aromatic rings. The average molecular weight is 439 g/mol. The Morgan fingerprint density at radius 2 is 1.94 bits per heavy atom. The van der Waals surface area contributed by atoms with Gasteiger partial charge < -0.3 is 20.5 Å². The molecular weight excluding hydrogens is 412 g/mol. The molecule has 0 bridgehead atoms. The summed E-state index contributed by atoms with van der Waals surface area (Å²) in [5, 5.41) is 3.77. The molecule has 0 radical (unpaired) electrons. The summed E-state index contributed by atoms with van der Waals surface area (Å²) >= 11 is 1.23. The van der Waals surface area contributed by atoms with E-state index in [0.717, 1.165) is 18.0 Å². The number of hydrogen-bond acceptors (Lipinski definition) is 8. The normalized spacial score (nSPS) is 13.8. The van der Waals surface area contributed by atoms with Crippen LogP contribution in [0, 0.1) is 0 Å². The molecule has 1 aromatic heterocycles. The van der Waals surface area contributed by atoms with Crippen LogP contribution < -0.4 is 20.5 Å². The number of nitrogens with two attached hydrogens (primary N) is 1. The van der Waals surface area contributed by atoms with Gasteiger partial charge in [0.05, 0.1) is 7.11 Å². The van der Waals surface area contributed by atoms with E-state index >= 15 is 0 Å². The molecule has 2 heterocycles. The Labute approximate surface area is 185 Å². The number of nitrogen functional groups attached to an aromatic ring is 1. The number of rotatable bonds is 9. The Balaban J connectivity index is 1.36. The number of benzene rings is 2.